The van der Waals surface area contributed by atoms with Crippen LogP contribution in [0, 0.1) is 0 Å². The Labute approximate surface area is 159 Å². The maximum atomic E-state index is 12.5. The molecule has 0 aromatic heterocycles. The molecule has 25 heavy (non-hydrogen) atoms. The van der Waals surface area contributed by atoms with Crippen LogP contribution in [-0.2, 0) is 4.79 Å². The Balaban J connectivity index is 2.15. The molecule has 0 N–H and O–H groups in total. The van der Waals surface area contributed by atoms with E-state index in [2.05, 4.69) is 13.8 Å². The van der Waals surface area contributed by atoms with E-state index < -0.39 is 0 Å². The summed E-state index contributed by atoms with van der Waals surface area (Å²) in [5.74, 6) is 1.39. The van der Waals surface area contributed by atoms with E-state index >= 15 is 0 Å². The van der Waals surface area contributed by atoms with Crippen LogP contribution in [0.1, 0.15) is 45.1 Å². The van der Waals surface area contributed by atoms with Crippen LogP contribution in [0.4, 0.5) is 0 Å². The number of rotatable bonds is 9. The number of hydrogen-bond donors (Lipinski definition) is 0. The number of carbonyl (C=O) groups is 1. The van der Waals surface area contributed by atoms with Crippen molar-refractivity contribution in [2.24, 2.45) is 0 Å². The van der Waals surface area contributed by atoms with E-state index in [0.717, 1.165) is 37.0 Å². The molecule has 1 aliphatic rings. The van der Waals surface area contributed by atoms with Gasteiger partial charge in [0.2, 0.25) is 0 Å². The van der Waals surface area contributed by atoms with Gasteiger partial charge in [0.25, 0.3) is 5.91 Å². The van der Waals surface area contributed by atoms with Crippen LogP contribution in [-0.4, -0.2) is 35.4 Å². The number of methoxy groups -OCH3 is 1. The third-order valence-corrected chi connectivity index (χ3v) is 5.23. The van der Waals surface area contributed by atoms with E-state index in [4.69, 9.17) is 21.7 Å². The van der Waals surface area contributed by atoms with E-state index in [1.165, 1.54) is 11.8 Å². The fraction of sp³-hybridized carbons (Fsp3) is 0.474. The first-order chi connectivity index (χ1) is 12.1. The molecule has 1 amide bonds. The highest BCUT2D eigenvalue weighted by molar-refractivity contribution is 8.26. The number of hydrogen-bond acceptors (Lipinski definition) is 5. The Kier molecular flexibility index (Phi) is 7.78. The first-order valence-electron chi connectivity index (χ1n) is 8.66. The van der Waals surface area contributed by atoms with Crippen molar-refractivity contribution in [3.8, 4) is 11.5 Å². The second kappa shape index (κ2) is 9.82. The number of nitrogens with zero attached hydrogens (tertiary/aromatic N) is 1. The zero-order valence-corrected chi connectivity index (χ0v) is 16.7. The fourth-order valence-electron chi connectivity index (χ4n) is 2.38. The summed E-state index contributed by atoms with van der Waals surface area (Å²) >= 11 is 6.69. The first kappa shape index (κ1) is 19.8. The zero-order valence-electron chi connectivity index (χ0n) is 15.0. The summed E-state index contributed by atoms with van der Waals surface area (Å²) < 4.78 is 11.8. The van der Waals surface area contributed by atoms with Crippen LogP contribution >= 0.6 is 24.0 Å². The molecule has 0 saturated carbocycles. The van der Waals surface area contributed by atoms with Crippen LogP contribution in [0.3, 0.4) is 0 Å². The Bertz CT molecular complexity index is 658. The number of benzene rings is 1. The molecule has 0 bridgehead atoms. The fourth-order valence-corrected chi connectivity index (χ4v) is 3.69. The summed E-state index contributed by atoms with van der Waals surface area (Å²) in [5, 5.41) is 0. The van der Waals surface area contributed by atoms with Crippen LogP contribution in [0.5, 0.6) is 11.5 Å². The summed E-state index contributed by atoms with van der Waals surface area (Å²) in [6, 6.07) is 5.71. The Hall–Kier alpha value is -1.53. The molecule has 0 atom stereocenters. The van der Waals surface area contributed by atoms with Crippen molar-refractivity contribution in [2.75, 3.05) is 20.3 Å². The maximum Gasteiger partial charge on any atom is 0.266 e. The standard InChI is InChI=1S/C19H25NO3S2/c1-4-6-10-20-18(21)17(25-19(20)24)13-14-8-9-15(16(12-14)22-3)23-11-7-5-2/h8-9,12-13H,4-7,10-11H2,1-3H3/b17-13-. The van der Waals surface area contributed by atoms with Gasteiger partial charge < -0.3 is 9.47 Å². The van der Waals surface area contributed by atoms with Gasteiger partial charge in [-0.15, -0.1) is 0 Å². The molecule has 0 aliphatic carbocycles. The lowest BCUT2D eigenvalue weighted by molar-refractivity contribution is -0.122. The molecule has 1 heterocycles. The molecule has 4 nitrogen and oxygen atoms in total. The van der Waals surface area contributed by atoms with Crippen molar-refractivity contribution in [3.05, 3.63) is 28.7 Å². The molecule has 1 aliphatic heterocycles. The normalized spacial score (nSPS) is 16.0. The van der Waals surface area contributed by atoms with Gasteiger partial charge in [0.1, 0.15) is 4.32 Å². The quantitative estimate of drug-likeness (QED) is 0.347. The van der Waals surface area contributed by atoms with E-state index in [0.29, 0.717) is 28.1 Å². The summed E-state index contributed by atoms with van der Waals surface area (Å²) in [4.78, 5) is 14.9. The van der Waals surface area contributed by atoms with Crippen molar-refractivity contribution < 1.29 is 14.3 Å². The Morgan fingerprint density at radius 1 is 1.20 bits per heavy atom. The molecule has 1 saturated heterocycles. The molecule has 6 heteroatoms. The minimum absolute atomic E-state index is 0.00862. The predicted octanol–water partition coefficient (Wildman–Crippen LogP) is 4.88. The minimum atomic E-state index is -0.00862. The number of thiocarbonyl (C=S) groups is 1. The lowest BCUT2D eigenvalue weighted by Crippen LogP contribution is -2.28. The van der Waals surface area contributed by atoms with Gasteiger partial charge in [-0.3, -0.25) is 9.69 Å². The van der Waals surface area contributed by atoms with Gasteiger partial charge in [-0.2, -0.15) is 0 Å². The monoisotopic (exact) mass is 379 g/mol. The molecule has 0 radical (unpaired) electrons. The van der Waals surface area contributed by atoms with Gasteiger partial charge in [-0.25, -0.2) is 0 Å². The SMILES string of the molecule is CCCCOc1ccc(/C=C2\SC(=S)N(CCCC)C2=O)cc1OC. The lowest BCUT2D eigenvalue weighted by atomic mass is 10.2. The van der Waals surface area contributed by atoms with Gasteiger partial charge in [0.15, 0.2) is 11.5 Å². The molecule has 1 aromatic rings. The summed E-state index contributed by atoms with van der Waals surface area (Å²) in [6.45, 7) is 5.58. The van der Waals surface area contributed by atoms with Gasteiger partial charge in [0, 0.05) is 6.54 Å². The van der Waals surface area contributed by atoms with Crippen LogP contribution in [0.15, 0.2) is 23.1 Å². The van der Waals surface area contributed by atoms with Crippen LogP contribution in [0.2, 0.25) is 0 Å². The topological polar surface area (TPSA) is 38.8 Å². The number of unbranched alkanes of at least 4 members (excludes halogenated alkanes) is 2. The summed E-state index contributed by atoms with van der Waals surface area (Å²) in [5.41, 5.74) is 0.899. The second-order valence-electron chi connectivity index (χ2n) is 5.80. The highest BCUT2D eigenvalue weighted by atomic mass is 32.2. The zero-order chi connectivity index (χ0) is 18.2. The molecular weight excluding hydrogens is 354 g/mol. The Morgan fingerprint density at radius 3 is 2.64 bits per heavy atom. The van der Waals surface area contributed by atoms with Gasteiger partial charge in [0.05, 0.1) is 18.6 Å². The van der Waals surface area contributed by atoms with Crippen molar-refractivity contribution >= 4 is 40.3 Å². The average Bonchev–Trinajstić information content (AvgIpc) is 2.87. The van der Waals surface area contributed by atoms with Gasteiger partial charge >= 0.3 is 0 Å². The first-order valence-corrected chi connectivity index (χ1v) is 9.89. The van der Waals surface area contributed by atoms with Crippen molar-refractivity contribution in [1.82, 2.24) is 4.90 Å². The number of ether oxygens (including phenoxy) is 2. The van der Waals surface area contributed by atoms with E-state index in [1.54, 1.807) is 12.0 Å². The van der Waals surface area contributed by atoms with Gasteiger partial charge in [-0.1, -0.05) is 56.7 Å². The van der Waals surface area contributed by atoms with Crippen molar-refractivity contribution in [2.45, 2.75) is 39.5 Å². The molecular formula is C19H25NO3S2. The third kappa shape index (κ3) is 5.22. The number of amides is 1. The highest BCUT2D eigenvalue weighted by Gasteiger charge is 2.31. The Morgan fingerprint density at radius 2 is 1.96 bits per heavy atom. The van der Waals surface area contributed by atoms with Crippen molar-refractivity contribution in [1.29, 1.82) is 0 Å². The molecule has 0 spiro atoms. The van der Waals surface area contributed by atoms with E-state index in [1.807, 2.05) is 24.3 Å². The summed E-state index contributed by atoms with van der Waals surface area (Å²) in [6.07, 6.45) is 5.94. The van der Waals surface area contributed by atoms with Crippen molar-refractivity contribution in [3.63, 3.8) is 0 Å². The highest BCUT2D eigenvalue weighted by Crippen LogP contribution is 2.34. The smallest absolute Gasteiger partial charge is 0.266 e. The lowest BCUT2D eigenvalue weighted by Gasteiger charge is -2.13. The molecule has 2 rings (SSSR count). The molecule has 136 valence electrons. The molecule has 1 aromatic carbocycles. The molecule has 0 unspecified atom stereocenters. The van der Waals surface area contributed by atoms with E-state index in [-0.39, 0.29) is 5.91 Å². The van der Waals surface area contributed by atoms with Gasteiger partial charge in [-0.05, 0) is 36.6 Å². The number of carbonyl (C=O) groups excluding carboxylic acids is 1. The second-order valence-corrected chi connectivity index (χ2v) is 7.47. The minimum Gasteiger partial charge on any atom is -0.493 e. The maximum absolute atomic E-state index is 12.5. The largest absolute Gasteiger partial charge is 0.493 e. The third-order valence-electron chi connectivity index (χ3n) is 3.85. The summed E-state index contributed by atoms with van der Waals surface area (Å²) in [7, 11) is 1.62. The average molecular weight is 380 g/mol. The molecule has 1 fully saturated rings. The van der Waals surface area contributed by atoms with Crippen LogP contribution < -0.4 is 9.47 Å². The number of thioether (sulfide) groups is 1. The predicted molar refractivity (Wildman–Crippen MR) is 108 cm³/mol. The van der Waals surface area contributed by atoms with Crippen LogP contribution in [0.25, 0.3) is 6.08 Å². The van der Waals surface area contributed by atoms with E-state index in [9.17, 15) is 4.79 Å².